The van der Waals surface area contributed by atoms with Crippen molar-refractivity contribution in [3.05, 3.63) is 48.0 Å². The number of benzene rings is 2. The molecule has 2 aromatic carbocycles. The van der Waals surface area contributed by atoms with Crippen molar-refractivity contribution in [3.63, 3.8) is 0 Å². The molecule has 0 aromatic heterocycles. The Balaban J connectivity index is 1.31. The van der Waals surface area contributed by atoms with Gasteiger partial charge in [0.1, 0.15) is 11.9 Å². The third kappa shape index (κ3) is 5.63. The fourth-order valence-corrected chi connectivity index (χ4v) is 4.63. The van der Waals surface area contributed by atoms with Crippen LogP contribution in [0.4, 0.5) is 10.5 Å². The van der Waals surface area contributed by atoms with Crippen molar-refractivity contribution in [2.75, 3.05) is 38.3 Å². The highest BCUT2D eigenvalue weighted by Crippen LogP contribution is 2.35. The van der Waals surface area contributed by atoms with Gasteiger partial charge in [0.15, 0.2) is 11.5 Å². The van der Waals surface area contributed by atoms with Gasteiger partial charge in [0.2, 0.25) is 5.91 Å². The van der Waals surface area contributed by atoms with E-state index in [0.717, 1.165) is 23.4 Å². The summed E-state index contributed by atoms with van der Waals surface area (Å²) in [6.07, 6.45) is 2.11. The highest BCUT2D eigenvalue weighted by Gasteiger charge is 2.34. The number of nitrogens with zero attached hydrogens (tertiary/aromatic N) is 2. The summed E-state index contributed by atoms with van der Waals surface area (Å²) in [5, 5.41) is 3.04. The van der Waals surface area contributed by atoms with Crippen LogP contribution in [0.1, 0.15) is 38.7 Å². The van der Waals surface area contributed by atoms with Gasteiger partial charge in [-0.05, 0) is 56.0 Å². The number of urea groups is 1. The number of likely N-dealkylation sites (tertiary alicyclic amines) is 1. The zero-order valence-corrected chi connectivity index (χ0v) is 20.8. The second-order valence-corrected chi connectivity index (χ2v) is 8.91. The molecule has 0 saturated carbocycles. The van der Waals surface area contributed by atoms with Gasteiger partial charge in [-0.3, -0.25) is 9.69 Å². The van der Waals surface area contributed by atoms with E-state index in [1.54, 1.807) is 7.11 Å². The summed E-state index contributed by atoms with van der Waals surface area (Å²) in [5.74, 6) is 2.01. The molecule has 0 spiro atoms. The van der Waals surface area contributed by atoms with Crippen molar-refractivity contribution in [1.82, 2.24) is 10.2 Å². The maximum absolute atomic E-state index is 13.4. The molecule has 8 heteroatoms. The minimum absolute atomic E-state index is 0.0143. The van der Waals surface area contributed by atoms with E-state index < -0.39 is 0 Å². The number of piperidine rings is 1. The minimum Gasteiger partial charge on any atom is -0.493 e. The Hall–Kier alpha value is -3.42. The lowest BCUT2D eigenvalue weighted by molar-refractivity contribution is -0.126. The van der Waals surface area contributed by atoms with Crippen molar-refractivity contribution in [2.45, 2.75) is 45.8 Å². The molecule has 188 valence electrons. The molecule has 0 aliphatic carbocycles. The fourth-order valence-electron chi connectivity index (χ4n) is 4.63. The highest BCUT2D eigenvalue weighted by atomic mass is 16.5. The van der Waals surface area contributed by atoms with E-state index in [2.05, 4.69) is 12.2 Å². The lowest BCUT2D eigenvalue weighted by Crippen LogP contribution is -2.52. The number of para-hydroxylation sites is 2. The summed E-state index contributed by atoms with van der Waals surface area (Å²) in [5.41, 5.74) is 1.76. The van der Waals surface area contributed by atoms with Crippen LogP contribution < -0.4 is 24.4 Å². The van der Waals surface area contributed by atoms with Crippen LogP contribution in [0.3, 0.4) is 0 Å². The topological polar surface area (TPSA) is 80.3 Å². The molecule has 1 fully saturated rings. The molecule has 2 heterocycles. The van der Waals surface area contributed by atoms with Gasteiger partial charge in [-0.15, -0.1) is 0 Å². The summed E-state index contributed by atoms with van der Waals surface area (Å²) < 4.78 is 17.0. The Kier molecular flexibility index (Phi) is 8.00. The van der Waals surface area contributed by atoms with Crippen molar-refractivity contribution < 1.29 is 23.8 Å². The Morgan fingerprint density at radius 2 is 1.86 bits per heavy atom. The lowest BCUT2D eigenvalue weighted by Gasteiger charge is -2.39. The number of fused-ring (bicyclic) bond motifs is 1. The van der Waals surface area contributed by atoms with Gasteiger partial charge >= 0.3 is 6.03 Å². The maximum atomic E-state index is 13.4. The third-order valence-electron chi connectivity index (χ3n) is 6.65. The molecule has 2 aromatic rings. The number of carbonyl (C=O) groups excluding carboxylic acids is 2. The first kappa shape index (κ1) is 24.7. The minimum atomic E-state index is -0.107. The largest absolute Gasteiger partial charge is 0.493 e. The molecular weight excluding hydrogens is 446 g/mol. The van der Waals surface area contributed by atoms with E-state index in [0.29, 0.717) is 57.1 Å². The summed E-state index contributed by atoms with van der Waals surface area (Å²) in [4.78, 5) is 29.9. The van der Waals surface area contributed by atoms with Crippen LogP contribution in [-0.2, 0) is 11.3 Å². The smallest absolute Gasteiger partial charge is 0.324 e. The summed E-state index contributed by atoms with van der Waals surface area (Å²) >= 11 is 0. The zero-order valence-electron chi connectivity index (χ0n) is 20.8. The molecular formula is C27H35N3O5. The number of hydrogen-bond acceptors (Lipinski definition) is 5. The van der Waals surface area contributed by atoms with Crippen LogP contribution in [0, 0.1) is 5.92 Å². The number of ether oxygens (including phenoxy) is 3. The van der Waals surface area contributed by atoms with Crippen LogP contribution in [0.2, 0.25) is 0 Å². The average Bonchev–Trinajstić information content (AvgIpc) is 2.91. The van der Waals surface area contributed by atoms with Crippen LogP contribution in [0.5, 0.6) is 17.2 Å². The number of carbonyl (C=O) groups is 2. The van der Waals surface area contributed by atoms with Crippen LogP contribution >= 0.6 is 0 Å². The van der Waals surface area contributed by atoms with Gasteiger partial charge < -0.3 is 24.4 Å². The molecule has 8 nitrogen and oxygen atoms in total. The number of anilines is 1. The van der Waals surface area contributed by atoms with Gasteiger partial charge in [-0.25, -0.2) is 4.79 Å². The van der Waals surface area contributed by atoms with E-state index in [-0.39, 0.29) is 24.0 Å². The molecule has 0 radical (unpaired) electrons. The van der Waals surface area contributed by atoms with Crippen LogP contribution in [0.25, 0.3) is 0 Å². The summed E-state index contributed by atoms with van der Waals surface area (Å²) in [6.45, 7) is 6.63. The zero-order chi connectivity index (χ0) is 24.8. The quantitative estimate of drug-likeness (QED) is 0.641. The van der Waals surface area contributed by atoms with Gasteiger partial charge in [0, 0.05) is 25.6 Å². The molecule has 1 atom stereocenters. The fraction of sp³-hybridized carbons (Fsp3) is 0.481. The molecule has 35 heavy (non-hydrogen) atoms. The average molecular weight is 482 g/mol. The van der Waals surface area contributed by atoms with Gasteiger partial charge in [-0.1, -0.05) is 25.1 Å². The van der Waals surface area contributed by atoms with E-state index in [1.807, 2.05) is 59.2 Å². The third-order valence-corrected chi connectivity index (χ3v) is 6.65. The van der Waals surface area contributed by atoms with E-state index in [9.17, 15) is 9.59 Å². The number of methoxy groups -OCH3 is 1. The van der Waals surface area contributed by atoms with Crippen molar-refractivity contribution in [1.29, 1.82) is 0 Å². The lowest BCUT2D eigenvalue weighted by atomic mass is 9.96. The number of hydrogen-bond donors (Lipinski definition) is 1. The van der Waals surface area contributed by atoms with Crippen molar-refractivity contribution in [2.24, 2.45) is 5.92 Å². The predicted molar refractivity (Wildman–Crippen MR) is 134 cm³/mol. The van der Waals surface area contributed by atoms with Crippen molar-refractivity contribution in [3.8, 4) is 17.2 Å². The normalized spacial score (nSPS) is 17.9. The van der Waals surface area contributed by atoms with Gasteiger partial charge in [-0.2, -0.15) is 0 Å². The van der Waals surface area contributed by atoms with Crippen LogP contribution in [-0.4, -0.2) is 56.3 Å². The molecule has 1 N–H and O–H groups in total. The first-order chi connectivity index (χ1) is 17.0. The van der Waals surface area contributed by atoms with Crippen LogP contribution in [0.15, 0.2) is 42.5 Å². The molecule has 3 amide bonds. The van der Waals surface area contributed by atoms with E-state index >= 15 is 0 Å². The Morgan fingerprint density at radius 1 is 1.09 bits per heavy atom. The SMILES string of the molecule is CCOc1ccc(CNC(=O)C2CCN(C(=O)N3CC(CC)Oc4ccccc43)CC2)cc1OC. The number of amides is 3. The highest BCUT2D eigenvalue weighted by molar-refractivity contribution is 5.94. The van der Waals surface area contributed by atoms with Gasteiger partial charge in [0.05, 0.1) is 25.9 Å². The monoisotopic (exact) mass is 481 g/mol. The van der Waals surface area contributed by atoms with E-state index in [1.165, 1.54) is 0 Å². The Morgan fingerprint density at radius 3 is 2.57 bits per heavy atom. The Labute approximate surface area is 207 Å². The van der Waals surface area contributed by atoms with E-state index in [4.69, 9.17) is 14.2 Å². The molecule has 1 unspecified atom stereocenters. The molecule has 1 saturated heterocycles. The number of nitrogens with one attached hydrogen (secondary N) is 1. The first-order valence-electron chi connectivity index (χ1n) is 12.4. The maximum Gasteiger partial charge on any atom is 0.324 e. The molecule has 4 rings (SSSR count). The molecule has 2 aliphatic rings. The predicted octanol–water partition coefficient (Wildman–Crippen LogP) is 4.22. The second kappa shape index (κ2) is 11.3. The standard InChI is InChI=1S/C27H35N3O5/c1-4-21-18-30(22-8-6-7-9-23(22)35-21)27(32)29-14-12-20(13-15-29)26(31)28-17-19-10-11-24(34-5-2)25(16-19)33-3/h6-11,16,20-21H,4-5,12-15,17-18H2,1-3H3,(H,28,31). The molecule has 0 bridgehead atoms. The number of rotatable bonds is 7. The molecule has 2 aliphatic heterocycles. The van der Waals surface area contributed by atoms with Crippen molar-refractivity contribution >= 4 is 17.6 Å². The first-order valence-corrected chi connectivity index (χ1v) is 12.4. The Bertz CT molecular complexity index is 1040. The summed E-state index contributed by atoms with van der Waals surface area (Å²) in [7, 11) is 1.60. The second-order valence-electron chi connectivity index (χ2n) is 8.91. The summed E-state index contributed by atoms with van der Waals surface area (Å²) in [6, 6.07) is 13.3. The van der Waals surface area contributed by atoms with Gasteiger partial charge in [0.25, 0.3) is 0 Å².